The van der Waals surface area contributed by atoms with Crippen molar-refractivity contribution in [1.29, 1.82) is 5.26 Å². The van der Waals surface area contributed by atoms with Crippen LogP contribution < -0.4 is 4.90 Å². The number of nitrogens with zero attached hydrogens (tertiary/aromatic N) is 4. The van der Waals surface area contributed by atoms with Gasteiger partial charge < -0.3 is 14.5 Å². The summed E-state index contributed by atoms with van der Waals surface area (Å²) in [6.45, 7) is 3.99. The minimum Gasteiger partial charge on any atom is -0.376 e. The maximum Gasteiger partial charge on any atom is 0.227 e. The number of fused-ring (bicyclic) bond motifs is 1. The lowest BCUT2D eigenvalue weighted by molar-refractivity contribution is -0.130. The van der Waals surface area contributed by atoms with Crippen molar-refractivity contribution in [3.05, 3.63) is 58.3 Å². The van der Waals surface area contributed by atoms with Gasteiger partial charge in [0, 0.05) is 37.7 Å². The lowest BCUT2D eigenvalue weighted by atomic mass is 9.82. The van der Waals surface area contributed by atoms with Gasteiger partial charge in [-0.15, -0.1) is 0 Å². The minimum absolute atomic E-state index is 0.166. The van der Waals surface area contributed by atoms with Crippen molar-refractivity contribution in [1.82, 2.24) is 9.88 Å². The summed E-state index contributed by atoms with van der Waals surface area (Å²) in [4.78, 5) is 22.2. The van der Waals surface area contributed by atoms with E-state index >= 15 is 0 Å². The average Bonchev–Trinajstić information content (AvgIpc) is 2.89. The van der Waals surface area contributed by atoms with Gasteiger partial charge in [-0.25, -0.2) is 4.98 Å². The Morgan fingerprint density at radius 3 is 2.55 bits per heavy atom. The number of nitriles is 1. The van der Waals surface area contributed by atoms with E-state index in [0.29, 0.717) is 51.7 Å². The zero-order valence-electron chi connectivity index (χ0n) is 19.3. The number of anilines is 1. The molecule has 3 heterocycles. The van der Waals surface area contributed by atoms with Crippen LogP contribution in [-0.4, -0.2) is 48.6 Å². The van der Waals surface area contributed by atoms with Gasteiger partial charge >= 0.3 is 0 Å². The highest BCUT2D eigenvalue weighted by Gasteiger charge is 2.31. The van der Waals surface area contributed by atoms with Gasteiger partial charge in [0.05, 0.1) is 30.9 Å². The minimum atomic E-state index is 0.166. The average molecular weight is 445 g/mol. The van der Waals surface area contributed by atoms with Gasteiger partial charge in [-0.1, -0.05) is 49.6 Å². The molecule has 33 heavy (non-hydrogen) atoms. The van der Waals surface area contributed by atoms with Gasteiger partial charge in [0.15, 0.2) is 0 Å². The first kappa shape index (κ1) is 21.9. The summed E-state index contributed by atoms with van der Waals surface area (Å²) in [6, 6.07) is 12.4. The Morgan fingerprint density at radius 1 is 1.06 bits per heavy atom. The Kier molecular flexibility index (Phi) is 6.59. The Hall–Kier alpha value is -2.91. The van der Waals surface area contributed by atoms with Gasteiger partial charge in [0.2, 0.25) is 5.91 Å². The van der Waals surface area contributed by atoms with E-state index in [-0.39, 0.29) is 5.91 Å². The van der Waals surface area contributed by atoms with Crippen molar-refractivity contribution in [2.75, 3.05) is 37.7 Å². The van der Waals surface area contributed by atoms with Crippen molar-refractivity contribution < 1.29 is 9.53 Å². The van der Waals surface area contributed by atoms with Gasteiger partial charge in [0.25, 0.3) is 0 Å². The van der Waals surface area contributed by atoms with Crippen LogP contribution in [0.25, 0.3) is 0 Å². The zero-order valence-corrected chi connectivity index (χ0v) is 19.3. The van der Waals surface area contributed by atoms with Gasteiger partial charge in [-0.3, -0.25) is 4.79 Å². The maximum atomic E-state index is 12.8. The molecule has 1 aliphatic carbocycles. The molecule has 172 valence electrons. The van der Waals surface area contributed by atoms with Crippen LogP contribution >= 0.6 is 0 Å². The van der Waals surface area contributed by atoms with Crippen LogP contribution in [0.4, 0.5) is 5.82 Å². The number of benzene rings is 1. The van der Waals surface area contributed by atoms with Crippen LogP contribution in [-0.2, 0) is 29.0 Å². The Labute approximate surface area is 196 Å². The molecule has 2 fully saturated rings. The molecule has 0 spiro atoms. The number of pyridine rings is 1. The Morgan fingerprint density at radius 2 is 1.82 bits per heavy atom. The molecule has 1 aromatic carbocycles. The van der Waals surface area contributed by atoms with Crippen molar-refractivity contribution in [2.24, 2.45) is 0 Å². The molecule has 1 amide bonds. The lowest BCUT2D eigenvalue weighted by Gasteiger charge is -2.37. The first-order valence-electron chi connectivity index (χ1n) is 12.3. The fraction of sp³-hybridized carbons (Fsp3) is 0.519. The van der Waals surface area contributed by atoms with Crippen molar-refractivity contribution in [3.63, 3.8) is 0 Å². The Bertz CT molecular complexity index is 1030. The molecule has 3 aliphatic rings. The molecule has 2 aliphatic heterocycles. The first-order chi connectivity index (χ1) is 16.2. The number of carbonyl (C=O) groups excluding carboxylic acids is 1. The predicted octanol–water partition coefficient (Wildman–Crippen LogP) is 3.96. The summed E-state index contributed by atoms with van der Waals surface area (Å²) in [5, 5.41) is 10.1. The number of hydrogen-bond acceptors (Lipinski definition) is 5. The van der Waals surface area contributed by atoms with Crippen molar-refractivity contribution in [2.45, 2.75) is 57.5 Å². The molecule has 6 nitrogen and oxygen atoms in total. The Balaban J connectivity index is 1.37. The van der Waals surface area contributed by atoms with Crippen LogP contribution in [0.15, 0.2) is 30.3 Å². The molecule has 0 unspecified atom stereocenters. The zero-order chi connectivity index (χ0) is 22.6. The summed E-state index contributed by atoms with van der Waals surface area (Å²) in [5.41, 5.74) is 5.26. The molecule has 1 aromatic heterocycles. The topological polar surface area (TPSA) is 69.5 Å². The van der Waals surface area contributed by atoms with E-state index in [0.717, 1.165) is 28.9 Å². The van der Waals surface area contributed by atoms with Gasteiger partial charge in [-0.2, -0.15) is 5.26 Å². The lowest BCUT2D eigenvalue weighted by Crippen LogP contribution is -2.49. The number of aromatic nitrogens is 1. The molecule has 1 saturated carbocycles. The molecule has 0 bridgehead atoms. The number of rotatable bonds is 4. The van der Waals surface area contributed by atoms with E-state index in [4.69, 9.17) is 9.72 Å². The number of hydrogen-bond donors (Lipinski definition) is 0. The molecule has 0 radical (unpaired) electrons. The smallest absolute Gasteiger partial charge is 0.227 e. The van der Waals surface area contributed by atoms with E-state index < -0.39 is 0 Å². The third-order valence-electron chi connectivity index (χ3n) is 7.40. The fourth-order valence-corrected chi connectivity index (χ4v) is 5.57. The van der Waals surface area contributed by atoms with E-state index in [1.807, 2.05) is 35.2 Å². The van der Waals surface area contributed by atoms with Crippen LogP contribution in [0, 0.1) is 11.3 Å². The van der Waals surface area contributed by atoms with E-state index in [9.17, 15) is 10.1 Å². The van der Waals surface area contributed by atoms with Crippen molar-refractivity contribution >= 4 is 11.7 Å². The van der Waals surface area contributed by atoms with E-state index in [1.54, 1.807) is 0 Å². The summed E-state index contributed by atoms with van der Waals surface area (Å²) < 4.78 is 5.79. The number of piperazine rings is 1. The summed E-state index contributed by atoms with van der Waals surface area (Å²) in [5.74, 6) is 1.46. The van der Waals surface area contributed by atoms with Crippen LogP contribution in [0.2, 0.25) is 0 Å². The summed E-state index contributed by atoms with van der Waals surface area (Å²) in [7, 11) is 0. The molecule has 0 atom stereocenters. The fourth-order valence-electron chi connectivity index (χ4n) is 5.57. The largest absolute Gasteiger partial charge is 0.376 e. The van der Waals surface area contributed by atoms with Crippen molar-refractivity contribution in [3.8, 4) is 6.07 Å². The maximum absolute atomic E-state index is 12.8. The molecular weight excluding hydrogens is 412 g/mol. The molecule has 6 heteroatoms. The number of carbonyl (C=O) groups is 1. The summed E-state index contributed by atoms with van der Waals surface area (Å²) in [6.07, 6.45) is 7.37. The molecule has 2 aromatic rings. The highest BCUT2D eigenvalue weighted by atomic mass is 16.5. The second-order valence-corrected chi connectivity index (χ2v) is 9.43. The highest BCUT2D eigenvalue weighted by molar-refractivity contribution is 5.79. The van der Waals surface area contributed by atoms with E-state index in [1.165, 1.54) is 43.4 Å². The quantitative estimate of drug-likeness (QED) is 0.714. The number of ether oxygens (including phenoxy) is 1. The molecule has 5 rings (SSSR count). The van der Waals surface area contributed by atoms with Gasteiger partial charge in [0.1, 0.15) is 11.9 Å². The molecular formula is C27H32N4O2. The van der Waals surface area contributed by atoms with Gasteiger partial charge in [-0.05, 0) is 30.4 Å². The van der Waals surface area contributed by atoms with E-state index in [2.05, 4.69) is 11.0 Å². The predicted molar refractivity (Wildman–Crippen MR) is 127 cm³/mol. The van der Waals surface area contributed by atoms with Crippen LogP contribution in [0.1, 0.15) is 66.0 Å². The first-order valence-corrected chi connectivity index (χ1v) is 12.3. The third kappa shape index (κ3) is 4.60. The standard InChI is InChI=1S/C27H32N4O2/c28-18-23-22-11-16-33-19-24(22)26(21-9-5-2-6-10-21)29-27(23)31-14-12-30(13-15-31)25(32)17-20-7-3-1-4-8-20/h1,3-4,7-8,21H,2,5-6,9-17,19H2. The third-order valence-corrected chi connectivity index (χ3v) is 7.40. The highest BCUT2D eigenvalue weighted by Crippen LogP contribution is 2.39. The van der Waals surface area contributed by atoms with Crippen LogP contribution in [0.5, 0.6) is 0 Å². The monoisotopic (exact) mass is 444 g/mol. The normalized spacial score (nSPS) is 19.1. The summed E-state index contributed by atoms with van der Waals surface area (Å²) >= 11 is 0. The second-order valence-electron chi connectivity index (χ2n) is 9.43. The van der Waals surface area contributed by atoms with Crippen LogP contribution in [0.3, 0.4) is 0 Å². The molecule has 1 saturated heterocycles. The number of amides is 1. The molecule has 0 N–H and O–H groups in total. The SMILES string of the molecule is N#Cc1c(N2CCN(C(=O)Cc3ccccc3)CC2)nc(C2CCCCC2)c2c1CCOC2. The second kappa shape index (κ2) is 9.93.